The average molecular weight is 462 g/mol. The third-order valence-electron chi connectivity index (χ3n) is 5.93. The predicted octanol–water partition coefficient (Wildman–Crippen LogP) is 3.85. The van der Waals surface area contributed by atoms with Gasteiger partial charge >= 0.3 is 0 Å². The average Bonchev–Trinajstić information content (AvgIpc) is 2.81. The van der Waals surface area contributed by atoms with E-state index in [0.29, 0.717) is 31.0 Å². The molecule has 1 saturated heterocycles. The van der Waals surface area contributed by atoms with Crippen molar-refractivity contribution < 1.29 is 22.0 Å². The lowest BCUT2D eigenvalue weighted by Crippen LogP contribution is -2.45. The molecule has 1 fully saturated rings. The number of nitriles is 1. The summed E-state index contributed by atoms with van der Waals surface area (Å²) >= 11 is 0. The van der Waals surface area contributed by atoms with Crippen LogP contribution in [0.3, 0.4) is 0 Å². The first-order chi connectivity index (χ1) is 15.2. The van der Waals surface area contributed by atoms with Gasteiger partial charge in [0.1, 0.15) is 16.5 Å². The number of carbonyl (C=O) groups excluding carboxylic acids is 1. The van der Waals surface area contributed by atoms with Gasteiger partial charge in [0.25, 0.3) is 0 Å². The number of piperidine rings is 1. The summed E-state index contributed by atoms with van der Waals surface area (Å²) in [6.07, 6.45) is 0.594. The fraction of sp³-hybridized carbons (Fsp3) is 0.391. The summed E-state index contributed by atoms with van der Waals surface area (Å²) in [5.74, 6) is -2.26. The zero-order valence-corrected chi connectivity index (χ0v) is 18.8. The fourth-order valence-electron chi connectivity index (χ4n) is 4.03. The molecule has 0 spiro atoms. The van der Waals surface area contributed by atoms with Gasteiger partial charge in [0, 0.05) is 25.6 Å². The molecule has 2 aromatic carbocycles. The van der Waals surface area contributed by atoms with Gasteiger partial charge in [-0.15, -0.1) is 0 Å². The van der Waals surface area contributed by atoms with Crippen LogP contribution in [-0.4, -0.2) is 43.2 Å². The van der Waals surface area contributed by atoms with Crippen LogP contribution in [0.15, 0.2) is 47.4 Å². The molecule has 1 aliphatic heterocycles. The van der Waals surface area contributed by atoms with Crippen molar-refractivity contribution in [3.63, 3.8) is 0 Å². The highest BCUT2D eigenvalue weighted by Crippen LogP contribution is 2.29. The van der Waals surface area contributed by atoms with Crippen molar-refractivity contribution >= 4 is 15.9 Å². The van der Waals surface area contributed by atoms with E-state index < -0.39 is 26.6 Å². The highest BCUT2D eigenvalue weighted by molar-refractivity contribution is 7.89. The van der Waals surface area contributed by atoms with Crippen molar-refractivity contribution in [3.05, 3.63) is 65.2 Å². The second-order valence-electron chi connectivity index (χ2n) is 7.79. The predicted molar refractivity (Wildman–Crippen MR) is 115 cm³/mol. The lowest BCUT2D eigenvalue weighted by atomic mass is 9.95. The van der Waals surface area contributed by atoms with Crippen molar-refractivity contribution in [2.45, 2.75) is 37.6 Å². The van der Waals surface area contributed by atoms with Crippen LogP contribution < -0.4 is 0 Å². The molecular weight excluding hydrogens is 436 g/mol. The van der Waals surface area contributed by atoms with Gasteiger partial charge in [-0.05, 0) is 62.6 Å². The molecule has 1 heterocycles. The van der Waals surface area contributed by atoms with Crippen LogP contribution in [0.4, 0.5) is 8.78 Å². The summed E-state index contributed by atoms with van der Waals surface area (Å²) in [5, 5.41) is 8.96. The number of hydrogen-bond donors (Lipinski definition) is 0. The Kier molecular flexibility index (Phi) is 7.26. The largest absolute Gasteiger partial charge is 0.336 e. The van der Waals surface area contributed by atoms with E-state index in [1.807, 2.05) is 26.0 Å². The smallest absolute Gasteiger partial charge is 0.246 e. The van der Waals surface area contributed by atoms with Gasteiger partial charge in [-0.1, -0.05) is 12.1 Å². The third-order valence-corrected chi connectivity index (χ3v) is 7.84. The maximum atomic E-state index is 14.0. The molecule has 1 unspecified atom stereocenters. The molecule has 2 aromatic rings. The molecule has 0 radical (unpaired) electrons. The molecule has 1 amide bonds. The molecule has 0 aliphatic carbocycles. The maximum Gasteiger partial charge on any atom is 0.246 e. The molecule has 9 heteroatoms. The summed E-state index contributed by atoms with van der Waals surface area (Å²) in [6.45, 7) is 4.38. The van der Waals surface area contributed by atoms with Crippen LogP contribution >= 0.6 is 0 Å². The Labute approximate surface area is 187 Å². The van der Waals surface area contributed by atoms with Crippen LogP contribution in [-0.2, 0) is 14.8 Å². The minimum Gasteiger partial charge on any atom is -0.336 e. The summed E-state index contributed by atoms with van der Waals surface area (Å²) in [6, 6.07) is 11.3. The number of halogens is 2. The Bertz CT molecular complexity index is 1120. The minimum absolute atomic E-state index is 0.0531. The summed E-state index contributed by atoms with van der Waals surface area (Å²) in [5.41, 5.74) is 1.44. The molecule has 0 bridgehead atoms. The quantitative estimate of drug-likeness (QED) is 0.655. The highest BCUT2D eigenvalue weighted by Gasteiger charge is 2.36. The van der Waals surface area contributed by atoms with Gasteiger partial charge < -0.3 is 4.90 Å². The first-order valence-electron chi connectivity index (χ1n) is 10.4. The lowest BCUT2D eigenvalue weighted by Gasteiger charge is -2.36. The standard InChI is InChI=1S/C23H25F2N3O3S/c1-3-28(16(2)18-6-4-17(15-26)5-7-18)23(29)19-10-12-27(13-11-19)32(30,31)22-14-20(24)8-9-21(22)25/h4-9,14,16,19H,3,10-13H2,1-2H3. The Morgan fingerprint density at radius 3 is 2.38 bits per heavy atom. The Morgan fingerprint density at radius 1 is 1.19 bits per heavy atom. The number of carbonyl (C=O) groups is 1. The van der Waals surface area contributed by atoms with Gasteiger partial charge in [-0.25, -0.2) is 17.2 Å². The first-order valence-corrected chi connectivity index (χ1v) is 11.9. The van der Waals surface area contributed by atoms with Gasteiger partial charge in [0.2, 0.25) is 15.9 Å². The van der Waals surface area contributed by atoms with Gasteiger partial charge in [0.15, 0.2) is 0 Å². The van der Waals surface area contributed by atoms with Crippen molar-refractivity contribution in [1.29, 1.82) is 5.26 Å². The molecule has 32 heavy (non-hydrogen) atoms. The number of sulfonamides is 1. The van der Waals surface area contributed by atoms with Gasteiger partial charge in [-0.3, -0.25) is 4.79 Å². The van der Waals surface area contributed by atoms with E-state index in [1.54, 1.807) is 17.0 Å². The zero-order chi connectivity index (χ0) is 23.5. The van der Waals surface area contributed by atoms with E-state index >= 15 is 0 Å². The van der Waals surface area contributed by atoms with Crippen molar-refractivity contribution in [1.82, 2.24) is 9.21 Å². The summed E-state index contributed by atoms with van der Waals surface area (Å²) in [4.78, 5) is 14.2. The molecule has 1 atom stereocenters. The van der Waals surface area contributed by atoms with Gasteiger partial charge in [0.05, 0.1) is 17.7 Å². The summed E-state index contributed by atoms with van der Waals surface area (Å²) in [7, 11) is -4.19. The Morgan fingerprint density at radius 2 is 1.81 bits per heavy atom. The molecule has 0 saturated carbocycles. The lowest BCUT2D eigenvalue weighted by molar-refractivity contribution is -0.138. The van der Waals surface area contributed by atoms with Crippen molar-refractivity contribution in [2.24, 2.45) is 5.92 Å². The van der Waals surface area contributed by atoms with E-state index in [9.17, 15) is 22.0 Å². The molecule has 3 rings (SSSR count). The fourth-order valence-corrected chi connectivity index (χ4v) is 5.57. The third kappa shape index (κ3) is 4.81. The molecular formula is C23H25F2N3O3S. The second kappa shape index (κ2) is 9.76. The van der Waals surface area contributed by atoms with Crippen LogP contribution in [0.25, 0.3) is 0 Å². The molecule has 170 valence electrons. The highest BCUT2D eigenvalue weighted by atomic mass is 32.2. The maximum absolute atomic E-state index is 14.0. The van der Waals surface area contributed by atoms with Crippen LogP contribution in [0.2, 0.25) is 0 Å². The first kappa shape index (κ1) is 23.8. The van der Waals surface area contributed by atoms with E-state index in [0.717, 1.165) is 22.0 Å². The second-order valence-corrected chi connectivity index (χ2v) is 9.69. The topological polar surface area (TPSA) is 81.5 Å². The molecule has 1 aliphatic rings. The number of nitrogens with zero attached hydrogens (tertiary/aromatic N) is 3. The van der Waals surface area contributed by atoms with Crippen LogP contribution in [0, 0.1) is 28.9 Å². The van der Waals surface area contributed by atoms with E-state index in [4.69, 9.17) is 5.26 Å². The normalized spacial score (nSPS) is 16.3. The van der Waals surface area contributed by atoms with Crippen molar-refractivity contribution in [2.75, 3.05) is 19.6 Å². The van der Waals surface area contributed by atoms with Crippen LogP contribution in [0.5, 0.6) is 0 Å². The monoisotopic (exact) mass is 461 g/mol. The Hall–Kier alpha value is -2.83. The summed E-state index contributed by atoms with van der Waals surface area (Å²) < 4.78 is 54.2. The van der Waals surface area contributed by atoms with E-state index in [-0.39, 0.29) is 31.0 Å². The number of rotatable bonds is 6. The van der Waals surface area contributed by atoms with Crippen molar-refractivity contribution in [3.8, 4) is 6.07 Å². The zero-order valence-electron chi connectivity index (χ0n) is 18.0. The van der Waals surface area contributed by atoms with E-state index in [2.05, 4.69) is 6.07 Å². The molecule has 0 aromatic heterocycles. The number of amides is 1. The Balaban J connectivity index is 1.69. The van der Waals surface area contributed by atoms with Gasteiger partial charge in [-0.2, -0.15) is 9.57 Å². The van der Waals surface area contributed by atoms with Crippen LogP contribution in [0.1, 0.15) is 43.9 Å². The SMILES string of the molecule is CCN(C(=O)C1CCN(S(=O)(=O)c2cc(F)ccc2F)CC1)C(C)c1ccc(C#N)cc1. The molecule has 0 N–H and O–H groups in total. The molecule has 6 nitrogen and oxygen atoms in total. The number of hydrogen-bond acceptors (Lipinski definition) is 4. The van der Waals surface area contributed by atoms with E-state index in [1.165, 1.54) is 0 Å². The minimum atomic E-state index is -4.19. The number of benzene rings is 2.